The van der Waals surface area contributed by atoms with Gasteiger partial charge in [0.25, 0.3) is 5.56 Å². The summed E-state index contributed by atoms with van der Waals surface area (Å²) in [7, 11) is 0. The van der Waals surface area contributed by atoms with Gasteiger partial charge in [0.2, 0.25) is 0 Å². The van der Waals surface area contributed by atoms with Crippen molar-refractivity contribution in [2.75, 3.05) is 0 Å². The smallest absolute Gasteiger partial charge is 0.262 e. The van der Waals surface area contributed by atoms with Crippen LogP contribution in [0.5, 0.6) is 5.75 Å². The van der Waals surface area contributed by atoms with Crippen LogP contribution < -0.4 is 10.3 Å². The molecule has 5 rings (SSSR count). The highest BCUT2D eigenvalue weighted by Gasteiger charge is 2.21. The summed E-state index contributed by atoms with van der Waals surface area (Å²) in [5.41, 5.74) is 4.05. The molecule has 0 bridgehead atoms. The third-order valence-electron chi connectivity index (χ3n) is 6.02. The molecule has 0 atom stereocenters. The van der Waals surface area contributed by atoms with E-state index in [1.165, 1.54) is 0 Å². The van der Waals surface area contributed by atoms with Crippen LogP contribution in [0.3, 0.4) is 0 Å². The number of rotatable bonds is 8. The molecule has 0 radical (unpaired) electrons. The van der Waals surface area contributed by atoms with Gasteiger partial charge < -0.3 is 4.74 Å². The number of pyridine rings is 1. The van der Waals surface area contributed by atoms with Crippen molar-refractivity contribution in [1.29, 1.82) is 0 Å². The molecular formula is C30H27N3O2S. The van der Waals surface area contributed by atoms with Crippen LogP contribution in [-0.2, 0) is 19.6 Å². The van der Waals surface area contributed by atoms with Gasteiger partial charge in [0.15, 0.2) is 5.82 Å². The monoisotopic (exact) mass is 493 g/mol. The summed E-state index contributed by atoms with van der Waals surface area (Å²) in [5, 5.41) is 0. The van der Waals surface area contributed by atoms with Gasteiger partial charge in [-0.2, -0.15) is 0 Å². The quantitative estimate of drug-likeness (QED) is 0.248. The average Bonchev–Trinajstić information content (AvgIpc) is 3.33. The molecule has 6 heteroatoms. The van der Waals surface area contributed by atoms with E-state index in [-0.39, 0.29) is 5.56 Å². The highest BCUT2D eigenvalue weighted by molar-refractivity contribution is 7.15. The Morgan fingerprint density at radius 2 is 1.58 bits per heavy atom. The lowest BCUT2D eigenvalue weighted by atomic mass is 10.1. The van der Waals surface area contributed by atoms with Crippen LogP contribution in [0.15, 0.2) is 95.9 Å². The Hall–Kier alpha value is -4.03. The zero-order chi connectivity index (χ0) is 24.9. The molecule has 5 nitrogen and oxygen atoms in total. The molecule has 3 heterocycles. The number of hydrogen-bond acceptors (Lipinski definition) is 5. The molecule has 0 fully saturated rings. The van der Waals surface area contributed by atoms with Gasteiger partial charge in [0, 0.05) is 22.5 Å². The first-order valence-electron chi connectivity index (χ1n) is 11.9. The van der Waals surface area contributed by atoms with Crippen LogP contribution in [0.1, 0.15) is 21.7 Å². The predicted octanol–water partition coefficient (Wildman–Crippen LogP) is 6.47. The summed E-state index contributed by atoms with van der Waals surface area (Å²) < 4.78 is 7.93. The van der Waals surface area contributed by atoms with Crippen LogP contribution in [0.25, 0.3) is 22.0 Å². The van der Waals surface area contributed by atoms with Gasteiger partial charge in [0.05, 0.1) is 11.3 Å². The van der Waals surface area contributed by atoms with Crippen molar-refractivity contribution >= 4 is 11.3 Å². The zero-order valence-corrected chi connectivity index (χ0v) is 21.2. The van der Waals surface area contributed by atoms with Gasteiger partial charge >= 0.3 is 0 Å². The normalized spacial score (nSPS) is 10.9. The van der Waals surface area contributed by atoms with Crippen LogP contribution >= 0.6 is 11.3 Å². The van der Waals surface area contributed by atoms with E-state index in [4.69, 9.17) is 9.72 Å². The number of nitrogens with zero attached hydrogens (tertiary/aromatic N) is 3. The number of aromatic nitrogens is 3. The molecule has 0 aliphatic carbocycles. The fourth-order valence-corrected chi connectivity index (χ4v) is 5.15. The predicted molar refractivity (Wildman–Crippen MR) is 145 cm³/mol. The maximum Gasteiger partial charge on any atom is 0.262 e. The van der Waals surface area contributed by atoms with Gasteiger partial charge in [-0.15, -0.1) is 11.3 Å². The lowest BCUT2D eigenvalue weighted by Crippen LogP contribution is -2.27. The molecule has 0 saturated heterocycles. The number of ether oxygens (including phenoxy) is 1. The van der Waals surface area contributed by atoms with Crippen LogP contribution in [0.2, 0.25) is 0 Å². The highest BCUT2D eigenvalue weighted by Crippen LogP contribution is 2.31. The van der Waals surface area contributed by atoms with Crippen LogP contribution in [0, 0.1) is 13.8 Å². The Bertz CT molecular complexity index is 1530. The first kappa shape index (κ1) is 23.7. The Morgan fingerprint density at radius 3 is 2.28 bits per heavy atom. The van der Waals surface area contributed by atoms with E-state index in [2.05, 4.69) is 17.1 Å². The van der Waals surface area contributed by atoms with Gasteiger partial charge in [0.1, 0.15) is 18.1 Å². The van der Waals surface area contributed by atoms with E-state index in [1.807, 2.05) is 86.6 Å². The van der Waals surface area contributed by atoms with Crippen molar-refractivity contribution in [3.05, 3.63) is 123 Å². The number of thiophene rings is 1. The second kappa shape index (κ2) is 10.7. The molecule has 2 aromatic carbocycles. The summed E-state index contributed by atoms with van der Waals surface area (Å²) in [6.45, 7) is 4.82. The highest BCUT2D eigenvalue weighted by atomic mass is 32.1. The van der Waals surface area contributed by atoms with Crippen LogP contribution in [-0.4, -0.2) is 14.5 Å². The first-order valence-corrected chi connectivity index (χ1v) is 12.8. The molecule has 36 heavy (non-hydrogen) atoms. The molecule has 0 unspecified atom stereocenters. The topological polar surface area (TPSA) is 57.0 Å². The Morgan fingerprint density at radius 1 is 0.861 bits per heavy atom. The largest absolute Gasteiger partial charge is 0.486 e. The van der Waals surface area contributed by atoms with Gasteiger partial charge in [-0.1, -0.05) is 60.7 Å². The van der Waals surface area contributed by atoms with Gasteiger partial charge in [-0.05, 0) is 55.7 Å². The molecule has 0 saturated carbocycles. The van der Waals surface area contributed by atoms with E-state index in [9.17, 15) is 4.79 Å². The third-order valence-corrected chi connectivity index (χ3v) is 7.04. The van der Waals surface area contributed by atoms with Gasteiger partial charge in [-0.25, -0.2) is 9.97 Å². The van der Waals surface area contributed by atoms with E-state index in [0.29, 0.717) is 48.1 Å². The standard InChI is InChI=1S/C30H27N3O2S/c1-21-15-16-26(36-21)27-22(2)32-29(33(30(27)34)19-17-23-10-5-3-6-11-23)28-25(14-9-18-31-28)35-20-24-12-7-4-8-13-24/h3-16,18H,17,19-20H2,1-2H3. The van der Waals surface area contributed by atoms with E-state index < -0.39 is 0 Å². The Kier molecular flexibility index (Phi) is 7.05. The Labute approximate surface area is 214 Å². The molecule has 0 aliphatic rings. The molecule has 0 spiro atoms. The number of hydrogen-bond donors (Lipinski definition) is 0. The maximum absolute atomic E-state index is 14.0. The summed E-state index contributed by atoms with van der Waals surface area (Å²) in [6.07, 6.45) is 2.42. The van der Waals surface area contributed by atoms with Crippen molar-refractivity contribution in [1.82, 2.24) is 14.5 Å². The van der Waals surface area contributed by atoms with Crippen molar-refractivity contribution in [2.24, 2.45) is 0 Å². The molecule has 0 amide bonds. The minimum Gasteiger partial charge on any atom is -0.486 e. The van der Waals surface area contributed by atoms with Gasteiger partial charge in [-0.3, -0.25) is 9.36 Å². The SMILES string of the molecule is Cc1ccc(-c2c(C)nc(-c3ncccc3OCc3ccccc3)n(CCc3ccccc3)c2=O)s1. The molecular weight excluding hydrogens is 466 g/mol. The van der Waals surface area contributed by atoms with Crippen molar-refractivity contribution in [3.8, 4) is 27.7 Å². The minimum absolute atomic E-state index is 0.0602. The first-order chi connectivity index (χ1) is 17.6. The summed E-state index contributed by atoms with van der Waals surface area (Å²) in [4.78, 5) is 25.6. The second-order valence-corrected chi connectivity index (χ2v) is 9.91. The number of benzene rings is 2. The van der Waals surface area contributed by atoms with Crippen LogP contribution in [0.4, 0.5) is 0 Å². The fourth-order valence-electron chi connectivity index (χ4n) is 4.20. The van der Waals surface area contributed by atoms with E-state index >= 15 is 0 Å². The maximum atomic E-state index is 14.0. The average molecular weight is 494 g/mol. The molecule has 0 N–H and O–H groups in total. The molecule has 0 aliphatic heterocycles. The third kappa shape index (κ3) is 5.14. The second-order valence-electron chi connectivity index (χ2n) is 8.62. The van der Waals surface area contributed by atoms with E-state index in [1.54, 1.807) is 22.1 Å². The van der Waals surface area contributed by atoms with Crippen molar-refractivity contribution < 1.29 is 4.74 Å². The van der Waals surface area contributed by atoms with Crippen molar-refractivity contribution in [3.63, 3.8) is 0 Å². The summed E-state index contributed by atoms with van der Waals surface area (Å²) in [5.74, 6) is 1.12. The summed E-state index contributed by atoms with van der Waals surface area (Å²) >= 11 is 1.61. The number of aryl methyl sites for hydroxylation is 3. The lowest BCUT2D eigenvalue weighted by molar-refractivity contribution is 0.306. The summed E-state index contributed by atoms with van der Waals surface area (Å²) in [6, 6.07) is 27.9. The zero-order valence-electron chi connectivity index (χ0n) is 20.3. The molecule has 5 aromatic rings. The van der Waals surface area contributed by atoms with Crippen molar-refractivity contribution in [2.45, 2.75) is 33.4 Å². The fraction of sp³-hybridized carbons (Fsp3) is 0.167. The Balaban J connectivity index is 1.59. The minimum atomic E-state index is -0.0602. The molecule has 3 aromatic heterocycles. The van der Waals surface area contributed by atoms with E-state index in [0.717, 1.165) is 20.9 Å². The lowest BCUT2D eigenvalue weighted by Gasteiger charge is -2.17. The molecule has 180 valence electrons.